The SMILES string of the molecule is C/C(=C\C(=O)O)C(=O)NS(=O)(=O)c1ccccc1. The summed E-state index contributed by atoms with van der Waals surface area (Å²) in [5.74, 6) is -2.29. The van der Waals surface area contributed by atoms with Crippen molar-refractivity contribution < 1.29 is 23.1 Å². The Hall–Kier alpha value is -2.15. The molecule has 2 N–H and O–H groups in total. The number of carboxylic acid groups (broad SMARTS) is 1. The van der Waals surface area contributed by atoms with Crippen molar-refractivity contribution in [2.75, 3.05) is 0 Å². The fourth-order valence-electron chi connectivity index (χ4n) is 1.11. The molecule has 0 unspecified atom stereocenters. The maximum Gasteiger partial charge on any atom is 0.328 e. The second kappa shape index (κ2) is 5.46. The smallest absolute Gasteiger partial charge is 0.328 e. The Kier molecular flexibility index (Phi) is 4.22. The van der Waals surface area contributed by atoms with Crippen LogP contribution < -0.4 is 4.72 Å². The van der Waals surface area contributed by atoms with E-state index in [1.54, 1.807) is 10.8 Å². The summed E-state index contributed by atoms with van der Waals surface area (Å²) in [4.78, 5) is 21.7. The molecule has 0 heterocycles. The molecular weight excluding hydrogens is 258 g/mol. The van der Waals surface area contributed by atoms with Crippen molar-refractivity contribution in [3.63, 3.8) is 0 Å². The largest absolute Gasteiger partial charge is 0.478 e. The molecule has 0 saturated carbocycles. The van der Waals surface area contributed by atoms with Gasteiger partial charge in [-0.1, -0.05) is 18.2 Å². The van der Waals surface area contributed by atoms with E-state index in [4.69, 9.17) is 5.11 Å². The summed E-state index contributed by atoms with van der Waals surface area (Å²) in [5, 5.41) is 8.44. The number of hydrogen-bond donors (Lipinski definition) is 2. The normalized spacial score (nSPS) is 11.9. The number of carbonyl (C=O) groups excluding carboxylic acids is 1. The molecule has 0 aliphatic rings. The van der Waals surface area contributed by atoms with Crippen LogP contribution in [0.3, 0.4) is 0 Å². The number of rotatable bonds is 4. The van der Waals surface area contributed by atoms with E-state index in [2.05, 4.69) is 0 Å². The van der Waals surface area contributed by atoms with Crippen molar-refractivity contribution in [3.05, 3.63) is 42.0 Å². The molecule has 1 aromatic rings. The quantitative estimate of drug-likeness (QED) is 0.776. The van der Waals surface area contributed by atoms with Crippen molar-refractivity contribution >= 4 is 21.9 Å². The van der Waals surface area contributed by atoms with Crippen LogP contribution in [-0.4, -0.2) is 25.4 Å². The summed E-state index contributed by atoms with van der Waals surface area (Å²) in [6.45, 7) is 1.21. The molecule has 0 bridgehead atoms. The molecule has 6 nitrogen and oxygen atoms in total. The molecular formula is C11H11NO5S. The van der Waals surface area contributed by atoms with Gasteiger partial charge in [0, 0.05) is 11.6 Å². The van der Waals surface area contributed by atoms with Gasteiger partial charge in [0.05, 0.1) is 4.90 Å². The Morgan fingerprint density at radius 1 is 1.22 bits per heavy atom. The maximum atomic E-state index is 11.7. The molecule has 0 spiro atoms. The van der Waals surface area contributed by atoms with Gasteiger partial charge in [-0.05, 0) is 19.1 Å². The van der Waals surface area contributed by atoms with E-state index in [9.17, 15) is 18.0 Å². The molecule has 0 aliphatic heterocycles. The van der Waals surface area contributed by atoms with Gasteiger partial charge in [0.25, 0.3) is 15.9 Å². The second-order valence-electron chi connectivity index (χ2n) is 3.41. The number of amides is 1. The van der Waals surface area contributed by atoms with E-state index >= 15 is 0 Å². The van der Waals surface area contributed by atoms with Crippen LogP contribution in [-0.2, 0) is 19.6 Å². The lowest BCUT2D eigenvalue weighted by atomic mass is 10.3. The summed E-state index contributed by atoms with van der Waals surface area (Å²) in [6.07, 6.45) is 0.635. The highest BCUT2D eigenvalue weighted by atomic mass is 32.2. The minimum Gasteiger partial charge on any atom is -0.478 e. The molecule has 0 radical (unpaired) electrons. The highest BCUT2D eigenvalue weighted by Crippen LogP contribution is 2.07. The lowest BCUT2D eigenvalue weighted by Gasteiger charge is -2.06. The van der Waals surface area contributed by atoms with E-state index < -0.39 is 21.9 Å². The van der Waals surface area contributed by atoms with Crippen LogP contribution in [0.15, 0.2) is 46.9 Å². The first-order valence-corrected chi connectivity index (χ1v) is 6.34. The molecule has 18 heavy (non-hydrogen) atoms. The number of hydrogen-bond acceptors (Lipinski definition) is 4. The molecule has 0 aliphatic carbocycles. The van der Waals surface area contributed by atoms with Gasteiger partial charge in [-0.25, -0.2) is 17.9 Å². The van der Waals surface area contributed by atoms with Gasteiger partial charge in [-0.15, -0.1) is 0 Å². The van der Waals surface area contributed by atoms with Crippen LogP contribution in [0.4, 0.5) is 0 Å². The zero-order valence-electron chi connectivity index (χ0n) is 9.45. The zero-order chi connectivity index (χ0) is 13.8. The first kappa shape index (κ1) is 13.9. The van der Waals surface area contributed by atoms with Gasteiger partial charge in [0.2, 0.25) is 0 Å². The maximum absolute atomic E-state index is 11.7. The van der Waals surface area contributed by atoms with Crippen LogP contribution in [0.2, 0.25) is 0 Å². The first-order chi connectivity index (χ1) is 8.33. The fourth-order valence-corrected chi connectivity index (χ4v) is 2.15. The molecule has 7 heteroatoms. The topological polar surface area (TPSA) is 101 Å². The van der Waals surface area contributed by atoms with Gasteiger partial charge < -0.3 is 5.11 Å². The van der Waals surface area contributed by atoms with E-state index in [0.29, 0.717) is 6.08 Å². The zero-order valence-corrected chi connectivity index (χ0v) is 10.3. The van der Waals surface area contributed by atoms with E-state index in [1.165, 1.54) is 31.2 Å². The Balaban J connectivity index is 2.92. The molecule has 1 rings (SSSR count). The van der Waals surface area contributed by atoms with E-state index in [0.717, 1.165) is 0 Å². The van der Waals surface area contributed by atoms with Crippen LogP contribution in [0, 0.1) is 0 Å². The summed E-state index contributed by atoms with van der Waals surface area (Å²) in [5.41, 5.74) is -0.206. The number of benzene rings is 1. The van der Waals surface area contributed by atoms with Gasteiger partial charge in [-0.2, -0.15) is 0 Å². The van der Waals surface area contributed by atoms with Gasteiger partial charge in [-0.3, -0.25) is 4.79 Å². The van der Waals surface area contributed by atoms with Crippen LogP contribution in [0.25, 0.3) is 0 Å². The Bertz CT molecular complexity index is 589. The number of aliphatic carboxylic acids is 1. The predicted molar refractivity (Wildman–Crippen MR) is 63.2 cm³/mol. The Morgan fingerprint density at radius 2 is 1.78 bits per heavy atom. The molecule has 1 amide bonds. The third-order valence-corrected chi connectivity index (χ3v) is 3.33. The lowest BCUT2D eigenvalue weighted by Crippen LogP contribution is -2.31. The third kappa shape index (κ3) is 3.70. The third-order valence-electron chi connectivity index (χ3n) is 1.98. The highest BCUT2D eigenvalue weighted by molar-refractivity contribution is 7.90. The van der Waals surface area contributed by atoms with Crippen molar-refractivity contribution in [2.24, 2.45) is 0 Å². The standard InChI is InChI=1S/C11H11NO5S/c1-8(7-10(13)14)11(15)12-18(16,17)9-5-3-2-4-6-9/h2-7H,1H3,(H,12,15)(H,13,14)/b8-7+. The van der Waals surface area contributed by atoms with Crippen molar-refractivity contribution in [3.8, 4) is 0 Å². The molecule has 0 atom stereocenters. The molecule has 0 aromatic heterocycles. The lowest BCUT2D eigenvalue weighted by molar-refractivity contribution is -0.131. The van der Waals surface area contributed by atoms with Crippen LogP contribution in [0.1, 0.15) is 6.92 Å². The van der Waals surface area contributed by atoms with Crippen LogP contribution in [0.5, 0.6) is 0 Å². The monoisotopic (exact) mass is 269 g/mol. The summed E-state index contributed by atoms with van der Waals surface area (Å²) in [6, 6.07) is 7.31. The van der Waals surface area contributed by atoms with E-state index in [-0.39, 0.29) is 10.5 Å². The number of carboxylic acids is 1. The summed E-state index contributed by atoms with van der Waals surface area (Å²) in [7, 11) is -3.97. The first-order valence-electron chi connectivity index (χ1n) is 4.86. The highest BCUT2D eigenvalue weighted by Gasteiger charge is 2.18. The average Bonchev–Trinajstić information content (AvgIpc) is 2.28. The Morgan fingerprint density at radius 3 is 2.28 bits per heavy atom. The minimum atomic E-state index is -3.97. The van der Waals surface area contributed by atoms with Crippen molar-refractivity contribution in [2.45, 2.75) is 11.8 Å². The second-order valence-corrected chi connectivity index (χ2v) is 5.10. The molecule has 96 valence electrons. The van der Waals surface area contributed by atoms with Gasteiger partial charge >= 0.3 is 5.97 Å². The van der Waals surface area contributed by atoms with Gasteiger partial charge in [0.1, 0.15) is 0 Å². The summed E-state index contributed by atoms with van der Waals surface area (Å²) < 4.78 is 25.2. The average molecular weight is 269 g/mol. The number of sulfonamides is 1. The molecule has 1 aromatic carbocycles. The minimum absolute atomic E-state index is 0.0681. The number of carbonyl (C=O) groups is 2. The molecule has 0 saturated heterocycles. The predicted octanol–water partition coefficient (Wildman–Crippen LogP) is 0.522. The summed E-state index contributed by atoms with van der Waals surface area (Å²) >= 11 is 0. The fraction of sp³-hybridized carbons (Fsp3) is 0.0909. The van der Waals surface area contributed by atoms with E-state index in [1.807, 2.05) is 0 Å². The van der Waals surface area contributed by atoms with Crippen molar-refractivity contribution in [1.29, 1.82) is 0 Å². The van der Waals surface area contributed by atoms with Crippen molar-refractivity contribution in [1.82, 2.24) is 4.72 Å². The van der Waals surface area contributed by atoms with Gasteiger partial charge in [0.15, 0.2) is 0 Å². The number of nitrogens with one attached hydrogen (secondary N) is 1. The molecule has 0 fully saturated rings. The van der Waals surface area contributed by atoms with Crippen LogP contribution >= 0.6 is 0 Å². The Labute approximate surface area is 104 Å².